The minimum atomic E-state index is -0.784. The molecule has 0 amide bonds. The summed E-state index contributed by atoms with van der Waals surface area (Å²) in [6, 6.07) is 0. The lowest BCUT2D eigenvalue weighted by Crippen LogP contribution is -2.31. The second-order valence-corrected chi connectivity index (χ2v) is 7.63. The molecule has 0 bridgehead atoms. The van der Waals surface area contributed by atoms with Crippen molar-refractivity contribution < 1.29 is 24.5 Å². The van der Waals surface area contributed by atoms with Crippen LogP contribution in [-0.2, 0) is 14.3 Å². The molecule has 0 heterocycles. The molecule has 0 aromatic rings. The van der Waals surface area contributed by atoms with Crippen molar-refractivity contribution in [3.05, 3.63) is 24.3 Å². The van der Waals surface area contributed by atoms with Gasteiger partial charge in [0.25, 0.3) is 0 Å². The Balaban J connectivity index is 2.68. The first-order chi connectivity index (χ1) is 12.3. The Morgan fingerprint density at radius 1 is 1.35 bits per heavy atom. The highest BCUT2D eigenvalue weighted by Gasteiger charge is 2.52. The van der Waals surface area contributed by atoms with E-state index in [9.17, 15) is 19.8 Å². The molecule has 5 heteroatoms. The molecule has 1 rings (SSSR count). The van der Waals surface area contributed by atoms with E-state index in [-0.39, 0.29) is 23.6 Å². The van der Waals surface area contributed by atoms with E-state index in [2.05, 4.69) is 4.74 Å². The van der Waals surface area contributed by atoms with E-state index in [1.54, 1.807) is 19.9 Å². The fourth-order valence-electron chi connectivity index (χ4n) is 3.48. The van der Waals surface area contributed by atoms with Crippen LogP contribution in [0.1, 0.15) is 59.3 Å². The van der Waals surface area contributed by atoms with E-state index in [1.807, 2.05) is 25.2 Å². The minimum Gasteiger partial charge on any atom is -0.469 e. The molecule has 0 radical (unpaired) electrons. The Hall–Kier alpha value is -1.46. The number of carbonyl (C=O) groups is 2. The molecular formula is C21H34O5. The lowest BCUT2D eigenvalue weighted by Gasteiger charge is -2.22. The van der Waals surface area contributed by atoms with Gasteiger partial charge in [0.2, 0.25) is 0 Å². The van der Waals surface area contributed by atoms with E-state index in [1.165, 1.54) is 7.11 Å². The molecule has 5 nitrogen and oxygen atoms in total. The first-order valence-electron chi connectivity index (χ1n) is 9.56. The van der Waals surface area contributed by atoms with E-state index >= 15 is 0 Å². The zero-order valence-electron chi connectivity index (χ0n) is 16.5. The predicted molar refractivity (Wildman–Crippen MR) is 101 cm³/mol. The molecule has 26 heavy (non-hydrogen) atoms. The van der Waals surface area contributed by atoms with Gasteiger partial charge in [0.1, 0.15) is 5.78 Å². The number of methoxy groups -OCH3 is 1. The molecule has 0 aromatic heterocycles. The molecule has 0 spiro atoms. The molecule has 0 aliphatic heterocycles. The van der Waals surface area contributed by atoms with Crippen molar-refractivity contribution in [1.29, 1.82) is 0 Å². The average Bonchev–Trinajstić information content (AvgIpc) is 2.76. The lowest BCUT2D eigenvalue weighted by molar-refractivity contribution is -0.140. The van der Waals surface area contributed by atoms with Gasteiger partial charge in [-0.3, -0.25) is 9.59 Å². The summed E-state index contributed by atoms with van der Waals surface area (Å²) in [4.78, 5) is 23.8. The van der Waals surface area contributed by atoms with Gasteiger partial charge in [-0.2, -0.15) is 0 Å². The molecular weight excluding hydrogens is 332 g/mol. The molecule has 1 fully saturated rings. The van der Waals surface area contributed by atoms with Crippen LogP contribution in [0.2, 0.25) is 0 Å². The maximum atomic E-state index is 12.7. The van der Waals surface area contributed by atoms with E-state index in [4.69, 9.17) is 0 Å². The highest BCUT2D eigenvalue weighted by atomic mass is 16.5. The number of ketones is 1. The summed E-state index contributed by atoms with van der Waals surface area (Å²) in [5.41, 5.74) is -0.784. The zero-order valence-corrected chi connectivity index (χ0v) is 16.5. The third-order valence-electron chi connectivity index (χ3n) is 5.22. The van der Waals surface area contributed by atoms with Gasteiger partial charge in [0.05, 0.1) is 24.7 Å². The van der Waals surface area contributed by atoms with Crippen molar-refractivity contribution in [3.63, 3.8) is 0 Å². The Labute approximate surface area is 157 Å². The monoisotopic (exact) mass is 366 g/mol. The third-order valence-corrected chi connectivity index (χ3v) is 5.22. The van der Waals surface area contributed by atoms with Crippen molar-refractivity contribution in [2.24, 2.45) is 17.3 Å². The third kappa shape index (κ3) is 6.06. The summed E-state index contributed by atoms with van der Waals surface area (Å²) < 4.78 is 4.60. The van der Waals surface area contributed by atoms with Gasteiger partial charge in [0, 0.05) is 18.3 Å². The van der Waals surface area contributed by atoms with Crippen LogP contribution >= 0.6 is 0 Å². The summed E-state index contributed by atoms with van der Waals surface area (Å²) in [6.07, 6.45) is 10.1. The smallest absolute Gasteiger partial charge is 0.305 e. The van der Waals surface area contributed by atoms with Gasteiger partial charge in [0.15, 0.2) is 0 Å². The molecule has 1 saturated carbocycles. The number of aliphatic hydroxyl groups excluding tert-OH is 2. The summed E-state index contributed by atoms with van der Waals surface area (Å²) in [5.74, 6) is -0.736. The number of hydrogen-bond acceptors (Lipinski definition) is 5. The molecule has 0 aromatic carbocycles. The number of ether oxygens (including phenoxy) is 1. The topological polar surface area (TPSA) is 83.8 Å². The quantitative estimate of drug-likeness (QED) is 0.352. The van der Waals surface area contributed by atoms with Crippen molar-refractivity contribution >= 4 is 11.8 Å². The number of Topliss-reactive ketones (excluding diaryl/α,β-unsaturated/α-hetero) is 1. The van der Waals surface area contributed by atoms with Crippen LogP contribution in [0.25, 0.3) is 0 Å². The normalized spacial score (nSPS) is 26.7. The maximum absolute atomic E-state index is 12.7. The Kier molecular flexibility index (Phi) is 9.23. The fraction of sp³-hybridized carbons (Fsp3) is 0.714. The van der Waals surface area contributed by atoms with E-state index < -0.39 is 17.6 Å². The van der Waals surface area contributed by atoms with Gasteiger partial charge >= 0.3 is 5.97 Å². The second-order valence-electron chi connectivity index (χ2n) is 7.63. The van der Waals surface area contributed by atoms with Crippen LogP contribution in [-0.4, -0.2) is 41.3 Å². The SMILES string of the molecule is CCC[C@H](O)/C=C/[C@@H]1[C@@H](C/C=C\CCCC(=O)OC)C(=O)C(C)(C)[C@H]1O. The fourth-order valence-corrected chi connectivity index (χ4v) is 3.48. The van der Waals surface area contributed by atoms with Gasteiger partial charge < -0.3 is 14.9 Å². The molecule has 2 N–H and O–H groups in total. The molecule has 1 aliphatic rings. The number of unbranched alkanes of at least 4 members (excludes halogenated alkanes) is 1. The summed E-state index contributed by atoms with van der Waals surface area (Å²) in [7, 11) is 1.38. The summed E-state index contributed by atoms with van der Waals surface area (Å²) in [5, 5.41) is 20.5. The number of allylic oxidation sites excluding steroid dienone is 2. The molecule has 1 aliphatic carbocycles. The van der Waals surface area contributed by atoms with Crippen LogP contribution in [0.3, 0.4) is 0 Å². The molecule has 0 saturated heterocycles. The largest absolute Gasteiger partial charge is 0.469 e. The van der Waals surface area contributed by atoms with Crippen molar-refractivity contribution in [2.45, 2.75) is 71.5 Å². The van der Waals surface area contributed by atoms with Gasteiger partial charge in [-0.25, -0.2) is 0 Å². The number of esters is 1. The van der Waals surface area contributed by atoms with Crippen molar-refractivity contribution in [2.75, 3.05) is 7.11 Å². The van der Waals surface area contributed by atoms with Gasteiger partial charge in [-0.15, -0.1) is 0 Å². The van der Waals surface area contributed by atoms with Crippen LogP contribution in [0, 0.1) is 17.3 Å². The Bertz CT molecular complexity index is 520. The van der Waals surface area contributed by atoms with E-state index in [0.29, 0.717) is 25.7 Å². The second kappa shape index (κ2) is 10.6. The number of carbonyl (C=O) groups excluding carboxylic acids is 2. The van der Waals surface area contributed by atoms with Crippen LogP contribution in [0.15, 0.2) is 24.3 Å². The van der Waals surface area contributed by atoms with Gasteiger partial charge in [-0.1, -0.05) is 51.5 Å². The Morgan fingerprint density at radius 2 is 2.04 bits per heavy atom. The number of hydrogen-bond donors (Lipinski definition) is 2. The lowest BCUT2D eigenvalue weighted by atomic mass is 9.86. The summed E-state index contributed by atoms with van der Waals surface area (Å²) >= 11 is 0. The Morgan fingerprint density at radius 3 is 2.65 bits per heavy atom. The highest BCUT2D eigenvalue weighted by molar-refractivity contribution is 5.90. The van der Waals surface area contributed by atoms with Crippen LogP contribution in [0.4, 0.5) is 0 Å². The van der Waals surface area contributed by atoms with Crippen molar-refractivity contribution in [3.8, 4) is 0 Å². The highest BCUT2D eigenvalue weighted by Crippen LogP contribution is 2.44. The maximum Gasteiger partial charge on any atom is 0.305 e. The van der Waals surface area contributed by atoms with Gasteiger partial charge in [-0.05, 0) is 25.7 Å². The first-order valence-corrected chi connectivity index (χ1v) is 9.56. The number of aliphatic hydroxyl groups is 2. The molecule has 4 atom stereocenters. The van der Waals surface area contributed by atoms with Crippen molar-refractivity contribution in [1.82, 2.24) is 0 Å². The van der Waals surface area contributed by atoms with E-state index in [0.717, 1.165) is 12.8 Å². The standard InChI is InChI=1S/C21H34O5/c1-5-10-15(22)13-14-17-16(19(24)21(2,3)20(17)25)11-8-6-7-9-12-18(23)26-4/h6,8,13-17,20,22,25H,5,7,9-12H2,1-4H3/b8-6-,14-13+/t15-,16+,17+,20-/m0/s1. The molecule has 148 valence electrons. The minimum absolute atomic E-state index is 0.0591. The summed E-state index contributed by atoms with van der Waals surface area (Å²) in [6.45, 7) is 5.56. The first kappa shape index (κ1) is 22.6. The van der Waals surface area contributed by atoms with Crippen LogP contribution < -0.4 is 0 Å². The number of rotatable bonds is 10. The molecule has 0 unspecified atom stereocenters. The predicted octanol–water partition coefficient (Wildman–Crippen LogP) is 3.20. The zero-order chi connectivity index (χ0) is 19.7. The average molecular weight is 366 g/mol. The van der Waals surface area contributed by atoms with Crippen LogP contribution in [0.5, 0.6) is 0 Å².